The lowest BCUT2D eigenvalue weighted by Crippen LogP contribution is -2.43. The highest BCUT2D eigenvalue weighted by Gasteiger charge is 2.15. The van der Waals surface area contributed by atoms with Gasteiger partial charge in [-0.15, -0.1) is 0 Å². The Morgan fingerprint density at radius 3 is 2.39 bits per heavy atom. The van der Waals surface area contributed by atoms with E-state index in [1.54, 1.807) is 0 Å². The first-order chi connectivity index (χ1) is 8.46. The van der Waals surface area contributed by atoms with Crippen LogP contribution < -0.4 is 10.2 Å². The van der Waals surface area contributed by atoms with Crippen LogP contribution in [0.4, 0.5) is 5.69 Å². The number of hydrogen-bond acceptors (Lipinski definition) is 2. The fourth-order valence-electron chi connectivity index (χ4n) is 2.70. The average Bonchev–Trinajstić information content (AvgIpc) is 2.28. The van der Waals surface area contributed by atoms with E-state index >= 15 is 0 Å². The Balaban J connectivity index is 2.14. The van der Waals surface area contributed by atoms with E-state index in [9.17, 15) is 0 Å². The van der Waals surface area contributed by atoms with Crippen molar-refractivity contribution in [1.29, 1.82) is 0 Å². The van der Waals surface area contributed by atoms with Gasteiger partial charge < -0.3 is 10.2 Å². The molecule has 1 aliphatic rings. The van der Waals surface area contributed by atoms with E-state index in [4.69, 9.17) is 0 Å². The molecule has 0 saturated carbocycles. The van der Waals surface area contributed by atoms with E-state index in [0.29, 0.717) is 5.41 Å². The molecule has 0 bridgehead atoms. The number of aryl methyl sites for hydroxylation is 1. The van der Waals surface area contributed by atoms with E-state index in [1.807, 2.05) is 0 Å². The van der Waals surface area contributed by atoms with Crippen molar-refractivity contribution in [2.45, 2.75) is 34.1 Å². The molecule has 2 heteroatoms. The molecule has 1 aromatic rings. The predicted molar refractivity (Wildman–Crippen MR) is 79.4 cm³/mol. The van der Waals surface area contributed by atoms with Crippen LogP contribution in [0.15, 0.2) is 18.2 Å². The number of benzene rings is 1. The molecule has 100 valence electrons. The fourth-order valence-corrected chi connectivity index (χ4v) is 2.70. The Kier molecular flexibility index (Phi) is 3.96. The standard InChI is InChI=1S/C16H26N2/c1-13-11-14(12-16(2,3)4)5-6-15(13)18-9-7-17-8-10-18/h5-6,11,17H,7-10,12H2,1-4H3. The topological polar surface area (TPSA) is 15.3 Å². The van der Waals surface area contributed by atoms with E-state index in [2.05, 4.69) is 56.1 Å². The summed E-state index contributed by atoms with van der Waals surface area (Å²) in [6.45, 7) is 13.6. The molecule has 0 spiro atoms. The highest BCUT2D eigenvalue weighted by atomic mass is 15.2. The molecular weight excluding hydrogens is 220 g/mol. The number of rotatable bonds is 2. The van der Waals surface area contributed by atoms with E-state index in [-0.39, 0.29) is 0 Å². The number of nitrogens with zero attached hydrogens (tertiary/aromatic N) is 1. The van der Waals surface area contributed by atoms with Crippen molar-refractivity contribution in [3.05, 3.63) is 29.3 Å². The zero-order chi connectivity index (χ0) is 13.2. The highest BCUT2D eigenvalue weighted by molar-refractivity contribution is 5.55. The van der Waals surface area contributed by atoms with Crippen LogP contribution in [0.3, 0.4) is 0 Å². The van der Waals surface area contributed by atoms with Crippen LogP contribution in [-0.2, 0) is 6.42 Å². The molecule has 2 nitrogen and oxygen atoms in total. The molecule has 0 unspecified atom stereocenters. The molecule has 1 saturated heterocycles. The molecule has 0 aliphatic carbocycles. The number of piperazine rings is 1. The van der Waals surface area contributed by atoms with Gasteiger partial charge in [-0.25, -0.2) is 0 Å². The van der Waals surface area contributed by atoms with Crippen LogP contribution >= 0.6 is 0 Å². The molecule has 1 N–H and O–H groups in total. The fraction of sp³-hybridized carbons (Fsp3) is 0.625. The molecule has 1 aromatic carbocycles. The van der Waals surface area contributed by atoms with Crippen LogP contribution in [0, 0.1) is 12.3 Å². The summed E-state index contributed by atoms with van der Waals surface area (Å²) >= 11 is 0. The molecule has 1 fully saturated rings. The summed E-state index contributed by atoms with van der Waals surface area (Å²) in [7, 11) is 0. The van der Waals surface area contributed by atoms with Gasteiger partial charge in [0.05, 0.1) is 0 Å². The van der Waals surface area contributed by atoms with E-state index in [1.165, 1.54) is 16.8 Å². The molecule has 2 rings (SSSR count). The Morgan fingerprint density at radius 2 is 1.83 bits per heavy atom. The minimum Gasteiger partial charge on any atom is -0.369 e. The van der Waals surface area contributed by atoms with Gasteiger partial charge in [0.15, 0.2) is 0 Å². The summed E-state index contributed by atoms with van der Waals surface area (Å²) in [6, 6.07) is 6.97. The molecule has 1 heterocycles. The summed E-state index contributed by atoms with van der Waals surface area (Å²) in [5.41, 5.74) is 4.65. The Hall–Kier alpha value is -1.02. The number of nitrogens with one attached hydrogen (secondary N) is 1. The summed E-state index contributed by atoms with van der Waals surface area (Å²) in [4.78, 5) is 2.49. The SMILES string of the molecule is Cc1cc(CC(C)(C)C)ccc1N1CCNCC1. The third kappa shape index (κ3) is 3.49. The van der Waals surface area contributed by atoms with Crippen molar-refractivity contribution in [3.63, 3.8) is 0 Å². The Morgan fingerprint density at radius 1 is 1.17 bits per heavy atom. The summed E-state index contributed by atoms with van der Waals surface area (Å²) in [5, 5.41) is 3.40. The summed E-state index contributed by atoms with van der Waals surface area (Å²) in [6.07, 6.45) is 1.15. The molecule has 0 amide bonds. The van der Waals surface area contributed by atoms with Gasteiger partial charge in [-0.05, 0) is 36.0 Å². The van der Waals surface area contributed by atoms with Gasteiger partial charge in [-0.1, -0.05) is 32.9 Å². The zero-order valence-corrected chi connectivity index (χ0v) is 12.2. The van der Waals surface area contributed by atoms with Gasteiger partial charge in [0, 0.05) is 31.9 Å². The van der Waals surface area contributed by atoms with Crippen LogP contribution in [-0.4, -0.2) is 26.2 Å². The van der Waals surface area contributed by atoms with Gasteiger partial charge >= 0.3 is 0 Å². The maximum atomic E-state index is 3.40. The lowest BCUT2D eigenvalue weighted by Gasteiger charge is -2.31. The van der Waals surface area contributed by atoms with Crippen LogP contribution in [0.2, 0.25) is 0 Å². The number of anilines is 1. The normalized spacial score (nSPS) is 17.0. The maximum absolute atomic E-state index is 3.40. The zero-order valence-electron chi connectivity index (χ0n) is 12.2. The van der Waals surface area contributed by atoms with Crippen LogP contribution in [0.25, 0.3) is 0 Å². The van der Waals surface area contributed by atoms with Gasteiger partial charge in [0.2, 0.25) is 0 Å². The second kappa shape index (κ2) is 5.31. The first-order valence-electron chi connectivity index (χ1n) is 7.01. The van der Waals surface area contributed by atoms with E-state index in [0.717, 1.165) is 32.6 Å². The minimum atomic E-state index is 0.364. The maximum Gasteiger partial charge on any atom is 0.0396 e. The third-order valence-electron chi connectivity index (χ3n) is 3.45. The average molecular weight is 246 g/mol. The van der Waals surface area contributed by atoms with Crippen molar-refractivity contribution < 1.29 is 0 Å². The molecule has 0 atom stereocenters. The largest absolute Gasteiger partial charge is 0.369 e. The predicted octanol–water partition coefficient (Wildman–Crippen LogP) is 2.99. The minimum absolute atomic E-state index is 0.364. The third-order valence-corrected chi connectivity index (χ3v) is 3.45. The summed E-state index contributed by atoms with van der Waals surface area (Å²) in [5.74, 6) is 0. The van der Waals surface area contributed by atoms with Crippen molar-refractivity contribution in [2.24, 2.45) is 5.41 Å². The van der Waals surface area contributed by atoms with Crippen molar-refractivity contribution in [2.75, 3.05) is 31.1 Å². The van der Waals surface area contributed by atoms with Gasteiger partial charge in [-0.2, -0.15) is 0 Å². The van der Waals surface area contributed by atoms with Crippen LogP contribution in [0.1, 0.15) is 31.9 Å². The first-order valence-corrected chi connectivity index (χ1v) is 7.01. The van der Waals surface area contributed by atoms with Gasteiger partial charge in [0.1, 0.15) is 0 Å². The van der Waals surface area contributed by atoms with Gasteiger partial charge in [0.25, 0.3) is 0 Å². The van der Waals surface area contributed by atoms with Crippen molar-refractivity contribution in [1.82, 2.24) is 5.32 Å². The monoisotopic (exact) mass is 246 g/mol. The first kappa shape index (κ1) is 13.4. The second-order valence-corrected chi connectivity index (χ2v) is 6.60. The molecular formula is C16H26N2. The number of hydrogen-bond donors (Lipinski definition) is 1. The van der Waals surface area contributed by atoms with Crippen LogP contribution in [0.5, 0.6) is 0 Å². The molecule has 0 radical (unpaired) electrons. The quantitative estimate of drug-likeness (QED) is 0.863. The summed E-state index contributed by atoms with van der Waals surface area (Å²) < 4.78 is 0. The smallest absolute Gasteiger partial charge is 0.0396 e. The Labute approximate surface area is 111 Å². The van der Waals surface area contributed by atoms with E-state index < -0.39 is 0 Å². The molecule has 0 aromatic heterocycles. The second-order valence-electron chi connectivity index (χ2n) is 6.60. The highest BCUT2D eigenvalue weighted by Crippen LogP contribution is 2.26. The van der Waals surface area contributed by atoms with Gasteiger partial charge in [-0.3, -0.25) is 0 Å². The Bertz CT molecular complexity index is 398. The molecule has 18 heavy (non-hydrogen) atoms. The van der Waals surface area contributed by atoms with Crippen molar-refractivity contribution >= 4 is 5.69 Å². The lowest BCUT2D eigenvalue weighted by molar-refractivity contribution is 0.411. The molecule has 1 aliphatic heterocycles. The lowest BCUT2D eigenvalue weighted by atomic mass is 9.87. The van der Waals surface area contributed by atoms with Crippen molar-refractivity contribution in [3.8, 4) is 0 Å².